The fourth-order valence-electron chi connectivity index (χ4n) is 2.69. The van der Waals surface area contributed by atoms with Crippen molar-refractivity contribution in [2.75, 3.05) is 26.6 Å². The molecule has 0 bridgehead atoms. The average Bonchev–Trinajstić information content (AvgIpc) is 2.56. The van der Waals surface area contributed by atoms with Crippen LogP contribution in [0.4, 0.5) is 5.69 Å². The summed E-state index contributed by atoms with van der Waals surface area (Å²) in [5.41, 5.74) is 2.67. The van der Waals surface area contributed by atoms with Crippen LogP contribution in [0.5, 0.6) is 11.5 Å². The van der Waals surface area contributed by atoms with E-state index in [-0.39, 0.29) is 5.91 Å². The highest BCUT2D eigenvalue weighted by Gasteiger charge is 2.35. The first-order chi connectivity index (χ1) is 11.3. The van der Waals surface area contributed by atoms with E-state index in [1.54, 1.807) is 12.1 Å². The van der Waals surface area contributed by atoms with Gasteiger partial charge in [0.25, 0.3) is 0 Å². The van der Waals surface area contributed by atoms with Crippen LogP contribution in [-0.2, 0) is 9.53 Å². The lowest BCUT2D eigenvalue weighted by Gasteiger charge is -2.32. The van der Waals surface area contributed by atoms with Crippen LogP contribution in [0.25, 0.3) is 5.57 Å². The van der Waals surface area contributed by atoms with E-state index in [1.165, 1.54) is 28.3 Å². The molecule has 0 heterocycles. The summed E-state index contributed by atoms with van der Waals surface area (Å²) < 4.78 is 16.0. The molecule has 1 aromatic carbocycles. The zero-order chi connectivity index (χ0) is 17.9. The molecule has 1 atom stereocenters. The zero-order valence-corrected chi connectivity index (χ0v) is 14.6. The molecular weight excluding hydrogens is 310 g/mol. The quantitative estimate of drug-likeness (QED) is 0.810. The first kappa shape index (κ1) is 18.0. The van der Waals surface area contributed by atoms with Crippen molar-refractivity contribution in [3.05, 3.63) is 35.4 Å². The summed E-state index contributed by atoms with van der Waals surface area (Å²) in [5.74, 6) is -0.734. The molecule has 6 nitrogen and oxygen atoms in total. The van der Waals surface area contributed by atoms with Crippen LogP contribution < -0.4 is 14.8 Å². The Balaban J connectivity index is 2.70. The molecule has 24 heavy (non-hydrogen) atoms. The highest BCUT2D eigenvalue weighted by atomic mass is 16.6. The second kappa shape index (κ2) is 7.07. The molecule has 0 radical (unpaired) electrons. The number of hydrogen-bond donors (Lipinski definition) is 2. The van der Waals surface area contributed by atoms with Gasteiger partial charge in [-0.25, -0.2) is 0 Å². The lowest BCUT2D eigenvalue weighted by Crippen LogP contribution is -2.34. The van der Waals surface area contributed by atoms with Gasteiger partial charge in [0, 0.05) is 37.7 Å². The van der Waals surface area contributed by atoms with Crippen LogP contribution in [0.1, 0.15) is 25.8 Å². The van der Waals surface area contributed by atoms with E-state index in [9.17, 15) is 9.90 Å². The van der Waals surface area contributed by atoms with Gasteiger partial charge in [0.2, 0.25) is 5.91 Å². The van der Waals surface area contributed by atoms with Gasteiger partial charge in [0.1, 0.15) is 0 Å². The molecule has 2 N–H and O–H groups in total. The Hall–Kier alpha value is -2.31. The predicted octanol–water partition coefficient (Wildman–Crippen LogP) is 2.73. The maximum atomic E-state index is 11.6. The van der Waals surface area contributed by atoms with Gasteiger partial charge in [-0.05, 0) is 13.0 Å². The van der Waals surface area contributed by atoms with Crippen LogP contribution in [0.15, 0.2) is 29.9 Å². The fraction of sp³-hybridized carbons (Fsp3) is 0.389. The number of hydrogen-bond acceptors (Lipinski definition) is 5. The molecule has 1 aliphatic rings. The minimum Gasteiger partial charge on any atom is -0.493 e. The molecule has 130 valence electrons. The molecule has 0 spiro atoms. The Morgan fingerprint density at radius 1 is 1.21 bits per heavy atom. The standard InChI is InChI=1S/C18H23NO5/c1-11-6-7-18(21,24-5)14(8-11)13-9-16(22-3)17(23-4)10-15(13)19-12(2)20/h6,8-10,21H,7H2,1-5H3,(H,19,20). The van der Waals surface area contributed by atoms with Crippen LogP contribution >= 0.6 is 0 Å². The number of carbonyl (C=O) groups excluding carboxylic acids is 1. The van der Waals surface area contributed by atoms with Gasteiger partial charge in [-0.3, -0.25) is 4.79 Å². The molecule has 0 saturated carbocycles. The average molecular weight is 333 g/mol. The number of nitrogens with one attached hydrogen (secondary N) is 1. The van der Waals surface area contributed by atoms with E-state index < -0.39 is 5.79 Å². The Morgan fingerprint density at radius 3 is 2.38 bits per heavy atom. The number of allylic oxidation sites excluding steroid dienone is 2. The van der Waals surface area contributed by atoms with Crippen molar-refractivity contribution in [3.8, 4) is 11.5 Å². The van der Waals surface area contributed by atoms with Crippen molar-refractivity contribution >= 4 is 17.2 Å². The monoisotopic (exact) mass is 333 g/mol. The maximum absolute atomic E-state index is 11.6. The number of aliphatic hydroxyl groups is 1. The van der Waals surface area contributed by atoms with Crippen molar-refractivity contribution in [1.82, 2.24) is 0 Å². The van der Waals surface area contributed by atoms with Gasteiger partial charge < -0.3 is 24.6 Å². The van der Waals surface area contributed by atoms with Crippen LogP contribution in [0, 0.1) is 0 Å². The summed E-state index contributed by atoms with van der Waals surface area (Å²) in [6.07, 6.45) is 4.04. The first-order valence-electron chi connectivity index (χ1n) is 7.55. The first-order valence-corrected chi connectivity index (χ1v) is 7.55. The van der Waals surface area contributed by atoms with Gasteiger partial charge in [-0.15, -0.1) is 0 Å². The van der Waals surface area contributed by atoms with E-state index in [1.807, 2.05) is 19.1 Å². The molecule has 1 aromatic rings. The second-order valence-corrected chi connectivity index (χ2v) is 5.63. The third-order valence-electron chi connectivity index (χ3n) is 3.96. The summed E-state index contributed by atoms with van der Waals surface area (Å²) in [7, 11) is 4.50. The lowest BCUT2D eigenvalue weighted by molar-refractivity contribution is -0.134. The summed E-state index contributed by atoms with van der Waals surface area (Å²) >= 11 is 0. The molecule has 0 aromatic heterocycles. The van der Waals surface area contributed by atoms with Crippen molar-refractivity contribution in [2.24, 2.45) is 0 Å². The summed E-state index contributed by atoms with van der Waals surface area (Å²) in [5, 5.41) is 13.6. The molecule has 0 fully saturated rings. The Bertz CT molecular complexity index is 708. The van der Waals surface area contributed by atoms with Crippen molar-refractivity contribution in [3.63, 3.8) is 0 Å². The van der Waals surface area contributed by atoms with Crippen LogP contribution in [-0.4, -0.2) is 38.1 Å². The summed E-state index contributed by atoms with van der Waals surface area (Å²) in [6, 6.07) is 3.39. The van der Waals surface area contributed by atoms with E-state index in [0.717, 1.165) is 5.57 Å². The van der Waals surface area contributed by atoms with Crippen molar-refractivity contribution < 1.29 is 24.1 Å². The highest BCUT2D eigenvalue weighted by Crippen LogP contribution is 2.43. The topological polar surface area (TPSA) is 77.0 Å². The molecule has 6 heteroatoms. The SMILES string of the molecule is COc1cc(NC(C)=O)c(C2=CC(C)=CCC2(O)OC)cc1OC. The Labute approximate surface area is 141 Å². The summed E-state index contributed by atoms with van der Waals surface area (Å²) in [4.78, 5) is 11.6. The number of ether oxygens (including phenoxy) is 3. The predicted molar refractivity (Wildman–Crippen MR) is 92.2 cm³/mol. The van der Waals surface area contributed by atoms with Crippen molar-refractivity contribution in [1.29, 1.82) is 0 Å². The van der Waals surface area contributed by atoms with Crippen LogP contribution in [0.3, 0.4) is 0 Å². The number of rotatable bonds is 5. The third-order valence-corrected chi connectivity index (χ3v) is 3.96. The van der Waals surface area contributed by atoms with E-state index in [0.29, 0.717) is 34.7 Å². The minimum absolute atomic E-state index is 0.229. The van der Waals surface area contributed by atoms with Crippen molar-refractivity contribution in [2.45, 2.75) is 26.1 Å². The van der Waals surface area contributed by atoms with Gasteiger partial charge in [0.05, 0.1) is 19.9 Å². The van der Waals surface area contributed by atoms with E-state index in [4.69, 9.17) is 14.2 Å². The van der Waals surface area contributed by atoms with E-state index in [2.05, 4.69) is 5.32 Å². The van der Waals surface area contributed by atoms with Crippen LogP contribution in [0.2, 0.25) is 0 Å². The Morgan fingerprint density at radius 2 is 1.83 bits per heavy atom. The number of benzene rings is 1. The largest absolute Gasteiger partial charge is 0.493 e. The number of amides is 1. The normalized spacial score (nSPS) is 20.1. The Kier molecular flexibility index (Phi) is 5.31. The van der Waals surface area contributed by atoms with Gasteiger partial charge >= 0.3 is 0 Å². The smallest absolute Gasteiger partial charge is 0.221 e. The minimum atomic E-state index is -1.48. The molecule has 1 aliphatic carbocycles. The maximum Gasteiger partial charge on any atom is 0.221 e. The zero-order valence-electron chi connectivity index (χ0n) is 14.6. The highest BCUT2D eigenvalue weighted by molar-refractivity contribution is 5.95. The number of anilines is 1. The van der Waals surface area contributed by atoms with Gasteiger partial charge in [-0.1, -0.05) is 17.7 Å². The number of carbonyl (C=O) groups is 1. The molecule has 0 aliphatic heterocycles. The molecular formula is C18H23NO5. The third kappa shape index (κ3) is 3.44. The molecule has 2 rings (SSSR count). The second-order valence-electron chi connectivity index (χ2n) is 5.63. The van der Waals surface area contributed by atoms with Gasteiger partial charge in [0.15, 0.2) is 17.3 Å². The summed E-state index contributed by atoms with van der Waals surface area (Å²) in [6.45, 7) is 3.36. The number of methoxy groups -OCH3 is 3. The lowest BCUT2D eigenvalue weighted by atomic mass is 9.87. The molecule has 0 saturated heterocycles. The molecule has 1 unspecified atom stereocenters. The molecule has 1 amide bonds. The van der Waals surface area contributed by atoms with Gasteiger partial charge in [-0.2, -0.15) is 0 Å². The van der Waals surface area contributed by atoms with E-state index >= 15 is 0 Å². The fourth-order valence-corrected chi connectivity index (χ4v) is 2.69.